The Morgan fingerprint density at radius 3 is 2.71 bits per heavy atom. The van der Waals surface area contributed by atoms with Crippen molar-refractivity contribution >= 4 is 16.7 Å². The van der Waals surface area contributed by atoms with E-state index in [4.69, 9.17) is 0 Å². The Labute approximate surface area is 141 Å². The van der Waals surface area contributed by atoms with Crippen molar-refractivity contribution in [1.82, 2.24) is 25.0 Å². The Kier molecular flexibility index (Phi) is 4.74. The van der Waals surface area contributed by atoms with E-state index < -0.39 is 0 Å². The highest BCUT2D eigenvalue weighted by molar-refractivity contribution is 5.83. The predicted octanol–water partition coefficient (Wildman–Crippen LogP) is 2.18. The van der Waals surface area contributed by atoms with Gasteiger partial charge >= 0.3 is 0 Å². The zero-order valence-electron chi connectivity index (χ0n) is 14.3. The van der Waals surface area contributed by atoms with Crippen molar-refractivity contribution in [2.75, 3.05) is 14.1 Å². The van der Waals surface area contributed by atoms with Crippen LogP contribution in [0.4, 0.5) is 0 Å². The summed E-state index contributed by atoms with van der Waals surface area (Å²) in [4.78, 5) is 10.6. The topological polar surface area (TPSA) is 58.3 Å². The number of aromatic nitrogens is 3. The monoisotopic (exact) mass is 322 g/mol. The molecule has 6 heteroatoms. The zero-order chi connectivity index (χ0) is 16.9. The van der Waals surface area contributed by atoms with Gasteiger partial charge < -0.3 is 10.2 Å². The van der Waals surface area contributed by atoms with Gasteiger partial charge in [-0.2, -0.15) is 5.10 Å². The highest BCUT2D eigenvalue weighted by Gasteiger charge is 2.10. The molecule has 0 aliphatic rings. The summed E-state index contributed by atoms with van der Waals surface area (Å²) in [7, 11) is 5.67. The van der Waals surface area contributed by atoms with E-state index in [1.165, 1.54) is 16.3 Å². The molecule has 0 unspecified atom stereocenters. The second-order valence-corrected chi connectivity index (χ2v) is 5.74. The van der Waals surface area contributed by atoms with Crippen LogP contribution in [0.3, 0.4) is 0 Å². The van der Waals surface area contributed by atoms with Crippen molar-refractivity contribution < 1.29 is 0 Å². The number of aryl methyl sites for hydroxylation is 1. The van der Waals surface area contributed by atoms with E-state index in [-0.39, 0.29) is 0 Å². The van der Waals surface area contributed by atoms with Crippen LogP contribution in [0.1, 0.15) is 11.4 Å². The van der Waals surface area contributed by atoms with E-state index >= 15 is 0 Å². The molecule has 0 aliphatic carbocycles. The van der Waals surface area contributed by atoms with E-state index in [2.05, 4.69) is 62.9 Å². The van der Waals surface area contributed by atoms with Gasteiger partial charge in [-0.05, 0) is 22.4 Å². The first kappa shape index (κ1) is 16.0. The molecule has 6 nitrogen and oxygen atoms in total. The van der Waals surface area contributed by atoms with Crippen LogP contribution in [-0.4, -0.2) is 39.7 Å². The van der Waals surface area contributed by atoms with E-state index in [9.17, 15) is 0 Å². The molecule has 24 heavy (non-hydrogen) atoms. The van der Waals surface area contributed by atoms with E-state index in [1.807, 2.05) is 19.0 Å². The van der Waals surface area contributed by atoms with Crippen LogP contribution < -0.4 is 5.32 Å². The van der Waals surface area contributed by atoms with Gasteiger partial charge in [0, 0.05) is 27.7 Å². The van der Waals surface area contributed by atoms with Crippen molar-refractivity contribution in [3.05, 3.63) is 60.2 Å². The molecule has 0 aliphatic heterocycles. The molecule has 0 bridgehead atoms. The number of guanidine groups is 1. The molecule has 0 saturated carbocycles. The number of fused-ring (bicyclic) bond motifs is 1. The molecule has 3 aromatic rings. The number of hydrogen-bond donors (Lipinski definition) is 1. The third-order valence-electron chi connectivity index (χ3n) is 4.02. The van der Waals surface area contributed by atoms with Gasteiger partial charge in [0.1, 0.15) is 12.2 Å². The van der Waals surface area contributed by atoms with Gasteiger partial charge in [-0.25, -0.2) is 4.98 Å². The van der Waals surface area contributed by atoms with Gasteiger partial charge in [-0.1, -0.05) is 36.4 Å². The van der Waals surface area contributed by atoms with Gasteiger partial charge in [0.05, 0.1) is 6.54 Å². The first-order valence-electron chi connectivity index (χ1n) is 7.89. The number of nitrogens with zero attached hydrogens (tertiary/aromatic N) is 5. The van der Waals surface area contributed by atoms with Crippen LogP contribution in [0, 0.1) is 0 Å². The van der Waals surface area contributed by atoms with Crippen molar-refractivity contribution in [3.8, 4) is 0 Å². The SMILES string of the molecule is CN=C(NCc1ccc2ccccc2c1)N(C)Cc1ncnn1C. The maximum absolute atomic E-state index is 4.35. The van der Waals surface area contributed by atoms with Crippen LogP contribution in [-0.2, 0) is 20.1 Å². The maximum atomic E-state index is 4.35. The third kappa shape index (κ3) is 3.53. The summed E-state index contributed by atoms with van der Waals surface area (Å²) < 4.78 is 1.77. The summed E-state index contributed by atoms with van der Waals surface area (Å²) in [6, 6.07) is 14.9. The third-order valence-corrected chi connectivity index (χ3v) is 4.02. The van der Waals surface area contributed by atoms with E-state index in [0.717, 1.165) is 18.3 Å². The minimum absolute atomic E-state index is 0.647. The summed E-state index contributed by atoms with van der Waals surface area (Å²) in [5.74, 6) is 1.72. The van der Waals surface area contributed by atoms with Crippen molar-refractivity contribution in [1.29, 1.82) is 0 Å². The normalized spacial score (nSPS) is 11.7. The number of rotatable bonds is 4. The van der Waals surface area contributed by atoms with Gasteiger partial charge in [0.25, 0.3) is 0 Å². The van der Waals surface area contributed by atoms with Crippen molar-refractivity contribution in [2.24, 2.45) is 12.0 Å². The molecule has 1 aromatic heterocycles. The van der Waals surface area contributed by atoms with Crippen LogP contribution >= 0.6 is 0 Å². The Hall–Kier alpha value is -2.89. The second kappa shape index (κ2) is 7.12. The fraction of sp³-hybridized carbons (Fsp3) is 0.278. The molecular formula is C18H22N6. The smallest absolute Gasteiger partial charge is 0.194 e. The lowest BCUT2D eigenvalue weighted by molar-refractivity contribution is 0.448. The molecule has 1 N–H and O–H groups in total. The molecular weight excluding hydrogens is 300 g/mol. The first-order chi connectivity index (χ1) is 11.7. The summed E-state index contributed by atoms with van der Waals surface area (Å²) in [5.41, 5.74) is 1.22. The predicted molar refractivity (Wildman–Crippen MR) is 96.6 cm³/mol. The van der Waals surface area contributed by atoms with Gasteiger partial charge in [0.2, 0.25) is 0 Å². The number of hydrogen-bond acceptors (Lipinski definition) is 3. The van der Waals surface area contributed by atoms with Crippen molar-refractivity contribution in [2.45, 2.75) is 13.1 Å². The lowest BCUT2D eigenvalue weighted by atomic mass is 10.1. The maximum Gasteiger partial charge on any atom is 0.194 e. The zero-order valence-corrected chi connectivity index (χ0v) is 14.3. The fourth-order valence-electron chi connectivity index (χ4n) is 2.66. The molecule has 0 atom stereocenters. The standard InChI is InChI=1S/C18H22N6/c1-19-18(23(2)12-17-21-13-22-24(17)3)20-11-14-8-9-15-6-4-5-7-16(15)10-14/h4-10,13H,11-12H2,1-3H3,(H,19,20). The highest BCUT2D eigenvalue weighted by atomic mass is 15.4. The number of nitrogens with one attached hydrogen (secondary N) is 1. The Morgan fingerprint density at radius 2 is 2.00 bits per heavy atom. The average Bonchev–Trinajstić information content (AvgIpc) is 3.00. The minimum Gasteiger partial charge on any atom is -0.352 e. The average molecular weight is 322 g/mol. The minimum atomic E-state index is 0.647. The summed E-state index contributed by atoms with van der Waals surface area (Å²) in [5, 5.41) is 10.0. The Morgan fingerprint density at radius 1 is 1.21 bits per heavy atom. The summed E-state index contributed by atoms with van der Waals surface area (Å²) >= 11 is 0. The highest BCUT2D eigenvalue weighted by Crippen LogP contribution is 2.15. The molecule has 1 heterocycles. The molecule has 0 saturated heterocycles. The molecule has 0 fully saturated rings. The molecule has 0 spiro atoms. The number of aliphatic imine (C=N–C) groups is 1. The molecule has 3 rings (SSSR count). The lowest BCUT2D eigenvalue weighted by Gasteiger charge is -2.21. The van der Waals surface area contributed by atoms with Crippen LogP contribution in [0.5, 0.6) is 0 Å². The van der Waals surface area contributed by atoms with Crippen molar-refractivity contribution in [3.63, 3.8) is 0 Å². The van der Waals surface area contributed by atoms with Crippen LogP contribution in [0.2, 0.25) is 0 Å². The van der Waals surface area contributed by atoms with Gasteiger partial charge in [-0.15, -0.1) is 0 Å². The van der Waals surface area contributed by atoms with E-state index in [0.29, 0.717) is 6.54 Å². The molecule has 2 aromatic carbocycles. The second-order valence-electron chi connectivity index (χ2n) is 5.74. The van der Waals surface area contributed by atoms with Gasteiger partial charge in [0.15, 0.2) is 5.96 Å². The fourth-order valence-corrected chi connectivity index (χ4v) is 2.66. The molecule has 0 amide bonds. The quantitative estimate of drug-likeness (QED) is 0.591. The van der Waals surface area contributed by atoms with Crippen LogP contribution in [0.25, 0.3) is 10.8 Å². The van der Waals surface area contributed by atoms with Crippen LogP contribution in [0.15, 0.2) is 53.8 Å². The first-order valence-corrected chi connectivity index (χ1v) is 7.89. The Balaban J connectivity index is 1.65. The van der Waals surface area contributed by atoms with E-state index in [1.54, 1.807) is 18.1 Å². The summed E-state index contributed by atoms with van der Waals surface area (Å²) in [6.45, 7) is 1.37. The largest absolute Gasteiger partial charge is 0.352 e. The number of benzene rings is 2. The lowest BCUT2D eigenvalue weighted by Crippen LogP contribution is -2.38. The summed E-state index contributed by atoms with van der Waals surface area (Å²) in [6.07, 6.45) is 1.56. The molecule has 124 valence electrons. The Bertz CT molecular complexity index is 851. The molecule has 0 radical (unpaired) electrons. The van der Waals surface area contributed by atoms with Gasteiger partial charge in [-0.3, -0.25) is 9.67 Å².